The number of aryl methyl sites for hydroxylation is 1. The number of carboxylic acid groups (broad SMARTS) is 1. The highest BCUT2D eigenvalue weighted by atomic mass is 16.5. The number of fused-ring (bicyclic) bond motifs is 1. The largest absolute Gasteiger partial charge is 0.494 e. The number of hydrogen-bond donors (Lipinski definition) is 1. The number of ether oxygens (including phenoxy) is 2. The summed E-state index contributed by atoms with van der Waals surface area (Å²) in [6.45, 7) is 2.09. The fourth-order valence-electron chi connectivity index (χ4n) is 3.34. The van der Waals surface area contributed by atoms with Crippen LogP contribution >= 0.6 is 0 Å². The second kappa shape index (κ2) is 10.6. The molecule has 0 aliphatic heterocycles. The molecule has 0 saturated heterocycles. The van der Waals surface area contributed by atoms with E-state index < -0.39 is 5.97 Å². The molecule has 0 unspecified atom stereocenters. The Kier molecular flexibility index (Phi) is 7.64. The molecule has 6 nitrogen and oxygen atoms in total. The van der Waals surface area contributed by atoms with E-state index in [2.05, 4.69) is 16.7 Å². The minimum absolute atomic E-state index is 0.217. The van der Waals surface area contributed by atoms with Gasteiger partial charge in [0, 0.05) is 38.3 Å². The first-order valence-electron chi connectivity index (χ1n) is 10.1. The molecule has 0 amide bonds. The molecule has 29 heavy (non-hydrogen) atoms. The molecule has 3 aromatic rings. The number of nitrogens with zero attached hydrogens (tertiary/aromatic N) is 2. The van der Waals surface area contributed by atoms with E-state index in [4.69, 9.17) is 19.6 Å². The number of aliphatic carboxylic acids is 1. The molecule has 6 heteroatoms. The van der Waals surface area contributed by atoms with E-state index in [0.29, 0.717) is 19.6 Å². The molecule has 1 aromatic heterocycles. The van der Waals surface area contributed by atoms with Crippen molar-refractivity contribution in [3.8, 4) is 17.1 Å². The zero-order chi connectivity index (χ0) is 20.5. The zero-order valence-corrected chi connectivity index (χ0v) is 16.8. The Morgan fingerprint density at radius 2 is 1.86 bits per heavy atom. The molecule has 0 aliphatic rings. The average Bonchev–Trinajstić information content (AvgIpc) is 3.09. The van der Waals surface area contributed by atoms with Crippen LogP contribution in [0.5, 0.6) is 5.75 Å². The average molecular weight is 396 g/mol. The first-order chi connectivity index (χ1) is 14.2. The molecule has 2 aromatic carbocycles. The van der Waals surface area contributed by atoms with Crippen LogP contribution in [0.3, 0.4) is 0 Å². The van der Waals surface area contributed by atoms with Crippen LogP contribution in [0.4, 0.5) is 0 Å². The van der Waals surface area contributed by atoms with E-state index in [1.54, 1.807) is 7.11 Å². The maximum absolute atomic E-state index is 10.6. The number of benzene rings is 2. The fourth-order valence-corrected chi connectivity index (χ4v) is 3.34. The number of carbonyl (C=O) groups is 1. The maximum atomic E-state index is 10.6. The van der Waals surface area contributed by atoms with Crippen LogP contribution in [0.1, 0.15) is 32.1 Å². The Morgan fingerprint density at radius 3 is 2.62 bits per heavy atom. The van der Waals surface area contributed by atoms with Gasteiger partial charge in [0.15, 0.2) is 0 Å². The van der Waals surface area contributed by atoms with E-state index >= 15 is 0 Å². The Bertz CT molecular complexity index is 921. The van der Waals surface area contributed by atoms with Crippen molar-refractivity contribution < 1.29 is 19.4 Å². The molecule has 0 aliphatic carbocycles. The molecule has 0 saturated carbocycles. The first-order valence-corrected chi connectivity index (χ1v) is 10.1. The number of unbranched alkanes of at least 4 members (excludes halogenated alkanes) is 2. The molecule has 0 spiro atoms. The van der Waals surface area contributed by atoms with Gasteiger partial charge in [0.05, 0.1) is 17.6 Å². The van der Waals surface area contributed by atoms with Crippen molar-refractivity contribution in [3.63, 3.8) is 0 Å². The number of carboxylic acids is 1. The molecule has 1 N–H and O–H groups in total. The predicted molar refractivity (Wildman–Crippen MR) is 113 cm³/mol. The summed E-state index contributed by atoms with van der Waals surface area (Å²) < 4.78 is 13.4. The van der Waals surface area contributed by atoms with Gasteiger partial charge in [0.2, 0.25) is 0 Å². The molecular formula is C23H28N2O4. The van der Waals surface area contributed by atoms with Gasteiger partial charge in [0.1, 0.15) is 11.6 Å². The molecule has 3 rings (SSSR count). The van der Waals surface area contributed by atoms with Crippen LogP contribution in [0.25, 0.3) is 22.4 Å². The summed E-state index contributed by atoms with van der Waals surface area (Å²) in [5.74, 6) is 1.01. The van der Waals surface area contributed by atoms with E-state index in [1.807, 2.05) is 36.4 Å². The lowest BCUT2D eigenvalue weighted by Gasteiger charge is -2.10. The quantitative estimate of drug-likeness (QED) is 0.447. The highest BCUT2D eigenvalue weighted by Gasteiger charge is 2.13. The standard InChI is InChI=1S/C23H28N2O4/c1-28-15-8-14-25-21-17-19(29-16-7-3-6-11-22(26)27)12-13-20(21)24-23(25)18-9-4-2-5-10-18/h2,4-5,9-10,12-13,17H,3,6-8,11,14-16H2,1H3,(H,26,27). The van der Waals surface area contributed by atoms with E-state index in [9.17, 15) is 4.79 Å². The lowest BCUT2D eigenvalue weighted by molar-refractivity contribution is -0.137. The Hall–Kier alpha value is -2.86. The van der Waals surface area contributed by atoms with Gasteiger partial charge in [-0.2, -0.15) is 0 Å². The summed E-state index contributed by atoms with van der Waals surface area (Å²) in [7, 11) is 1.71. The zero-order valence-electron chi connectivity index (χ0n) is 16.8. The number of imidazole rings is 1. The minimum Gasteiger partial charge on any atom is -0.494 e. The fraction of sp³-hybridized carbons (Fsp3) is 0.391. The summed E-state index contributed by atoms with van der Waals surface area (Å²) in [6.07, 6.45) is 3.49. The van der Waals surface area contributed by atoms with Gasteiger partial charge in [-0.3, -0.25) is 4.79 Å². The van der Waals surface area contributed by atoms with Crippen LogP contribution in [0, 0.1) is 0 Å². The minimum atomic E-state index is -0.743. The first kappa shape index (κ1) is 20.9. The third-order valence-corrected chi connectivity index (χ3v) is 4.79. The van der Waals surface area contributed by atoms with Gasteiger partial charge in [-0.05, 0) is 37.8 Å². The van der Waals surface area contributed by atoms with Gasteiger partial charge in [-0.25, -0.2) is 4.98 Å². The van der Waals surface area contributed by atoms with Crippen LogP contribution in [-0.4, -0.2) is 41.0 Å². The molecule has 0 radical (unpaired) electrons. The van der Waals surface area contributed by atoms with Crippen LogP contribution < -0.4 is 4.74 Å². The number of hydrogen-bond acceptors (Lipinski definition) is 4. The molecule has 154 valence electrons. The van der Waals surface area contributed by atoms with E-state index in [1.165, 1.54) is 0 Å². The highest BCUT2D eigenvalue weighted by molar-refractivity contribution is 5.82. The van der Waals surface area contributed by atoms with Crippen molar-refractivity contribution in [2.24, 2.45) is 0 Å². The topological polar surface area (TPSA) is 73.6 Å². The highest BCUT2D eigenvalue weighted by Crippen LogP contribution is 2.28. The van der Waals surface area contributed by atoms with Crippen molar-refractivity contribution >= 4 is 17.0 Å². The summed E-state index contributed by atoms with van der Waals surface area (Å²) in [5.41, 5.74) is 3.07. The van der Waals surface area contributed by atoms with Crippen LogP contribution in [0.2, 0.25) is 0 Å². The summed E-state index contributed by atoms with van der Waals surface area (Å²) in [5, 5.41) is 8.69. The van der Waals surface area contributed by atoms with Crippen LogP contribution in [0.15, 0.2) is 48.5 Å². The molecule has 0 fully saturated rings. The van der Waals surface area contributed by atoms with Gasteiger partial charge in [-0.15, -0.1) is 0 Å². The molecular weight excluding hydrogens is 368 g/mol. The smallest absolute Gasteiger partial charge is 0.303 e. The third kappa shape index (κ3) is 5.81. The molecule has 1 heterocycles. The SMILES string of the molecule is COCCCn1c(-c2ccccc2)nc2ccc(OCCCCCC(=O)O)cc21. The lowest BCUT2D eigenvalue weighted by Crippen LogP contribution is -2.04. The Morgan fingerprint density at radius 1 is 1.03 bits per heavy atom. The maximum Gasteiger partial charge on any atom is 0.303 e. The van der Waals surface area contributed by atoms with Gasteiger partial charge < -0.3 is 19.1 Å². The van der Waals surface area contributed by atoms with Crippen molar-refractivity contribution in [1.82, 2.24) is 9.55 Å². The second-order valence-electron chi connectivity index (χ2n) is 7.00. The van der Waals surface area contributed by atoms with Crippen molar-refractivity contribution in [2.45, 2.75) is 38.6 Å². The van der Waals surface area contributed by atoms with Crippen molar-refractivity contribution in [3.05, 3.63) is 48.5 Å². The van der Waals surface area contributed by atoms with Gasteiger partial charge in [0.25, 0.3) is 0 Å². The Labute approximate surface area is 171 Å². The summed E-state index contributed by atoms with van der Waals surface area (Å²) in [6, 6.07) is 16.2. The van der Waals surface area contributed by atoms with E-state index in [0.717, 1.165) is 54.0 Å². The van der Waals surface area contributed by atoms with Gasteiger partial charge >= 0.3 is 5.97 Å². The molecule has 0 atom stereocenters. The van der Waals surface area contributed by atoms with Crippen LogP contribution in [-0.2, 0) is 16.1 Å². The molecule has 0 bridgehead atoms. The number of rotatable bonds is 12. The predicted octanol–water partition coefficient (Wildman–Crippen LogP) is 4.76. The van der Waals surface area contributed by atoms with E-state index in [-0.39, 0.29) is 6.42 Å². The number of aromatic nitrogens is 2. The second-order valence-corrected chi connectivity index (χ2v) is 7.00. The van der Waals surface area contributed by atoms with Crippen molar-refractivity contribution in [2.75, 3.05) is 20.3 Å². The Balaban J connectivity index is 1.75. The number of methoxy groups -OCH3 is 1. The van der Waals surface area contributed by atoms with Crippen molar-refractivity contribution in [1.29, 1.82) is 0 Å². The third-order valence-electron chi connectivity index (χ3n) is 4.79. The summed E-state index contributed by atoms with van der Waals surface area (Å²) in [4.78, 5) is 15.4. The summed E-state index contributed by atoms with van der Waals surface area (Å²) >= 11 is 0. The normalized spacial score (nSPS) is 11.1. The lowest BCUT2D eigenvalue weighted by atomic mass is 10.2. The monoisotopic (exact) mass is 396 g/mol. The van der Waals surface area contributed by atoms with Gasteiger partial charge in [-0.1, -0.05) is 30.3 Å².